The van der Waals surface area contributed by atoms with Crippen LogP contribution in [0.15, 0.2) is 18.2 Å². The van der Waals surface area contributed by atoms with E-state index in [0.717, 1.165) is 0 Å². The molecule has 1 unspecified atom stereocenters. The van der Waals surface area contributed by atoms with Gasteiger partial charge in [-0.2, -0.15) is 0 Å². The number of halogens is 1. The van der Waals surface area contributed by atoms with Crippen LogP contribution in [0.3, 0.4) is 0 Å². The molecule has 1 aliphatic rings. The number of carbonyl (C=O) groups is 2. The highest BCUT2D eigenvalue weighted by Gasteiger charge is 2.28. The molecule has 0 spiro atoms. The van der Waals surface area contributed by atoms with Gasteiger partial charge in [-0.15, -0.1) is 0 Å². The Morgan fingerprint density at radius 1 is 1.52 bits per heavy atom. The minimum Gasteiger partial charge on any atom is -0.469 e. The van der Waals surface area contributed by atoms with E-state index < -0.39 is 0 Å². The van der Waals surface area contributed by atoms with Crippen LogP contribution in [0.2, 0.25) is 5.02 Å². The molecular formula is C14H17ClN2O4. The van der Waals surface area contributed by atoms with Crippen molar-refractivity contribution in [1.29, 1.82) is 0 Å². The lowest BCUT2D eigenvalue weighted by molar-refractivity contribution is -0.145. The van der Waals surface area contributed by atoms with E-state index in [0.29, 0.717) is 30.3 Å². The van der Waals surface area contributed by atoms with Crippen LogP contribution in [-0.4, -0.2) is 49.7 Å². The molecule has 2 rings (SSSR count). The van der Waals surface area contributed by atoms with Gasteiger partial charge in [-0.05, 0) is 12.1 Å². The van der Waals surface area contributed by atoms with Crippen molar-refractivity contribution in [3.63, 3.8) is 0 Å². The maximum atomic E-state index is 12.5. The second-order valence-electron chi connectivity index (χ2n) is 4.73. The second-order valence-corrected chi connectivity index (χ2v) is 5.13. The zero-order chi connectivity index (χ0) is 15.4. The van der Waals surface area contributed by atoms with Crippen molar-refractivity contribution in [1.82, 2.24) is 4.90 Å². The summed E-state index contributed by atoms with van der Waals surface area (Å²) in [6, 6.07) is 4.94. The lowest BCUT2D eigenvalue weighted by atomic mass is 10.1. The monoisotopic (exact) mass is 312 g/mol. The van der Waals surface area contributed by atoms with Crippen molar-refractivity contribution in [2.45, 2.75) is 12.5 Å². The van der Waals surface area contributed by atoms with E-state index in [1.165, 1.54) is 7.11 Å². The fraction of sp³-hybridized carbons (Fsp3) is 0.429. The Kier molecular flexibility index (Phi) is 5.03. The molecule has 1 aromatic carbocycles. The van der Waals surface area contributed by atoms with Crippen LogP contribution in [-0.2, 0) is 14.3 Å². The summed E-state index contributed by atoms with van der Waals surface area (Å²) in [5.41, 5.74) is 6.47. The fourth-order valence-electron chi connectivity index (χ4n) is 2.19. The molecule has 114 valence electrons. The molecule has 0 saturated carbocycles. The van der Waals surface area contributed by atoms with Gasteiger partial charge < -0.3 is 20.1 Å². The predicted molar refractivity (Wildman–Crippen MR) is 78.1 cm³/mol. The van der Waals surface area contributed by atoms with Gasteiger partial charge in [0, 0.05) is 13.1 Å². The standard InChI is InChI=1S/C14H17ClN2O4/c1-20-12(18)7-9-8-17(5-6-21-9)14(19)10-3-2-4-11(15)13(10)16/h2-4,9H,5-8,16H2,1H3. The van der Waals surface area contributed by atoms with Crippen LogP contribution in [0, 0.1) is 0 Å². The Morgan fingerprint density at radius 3 is 3.00 bits per heavy atom. The van der Waals surface area contributed by atoms with E-state index in [1.54, 1.807) is 23.1 Å². The minimum atomic E-state index is -0.365. The Morgan fingerprint density at radius 2 is 2.29 bits per heavy atom. The molecule has 2 N–H and O–H groups in total. The van der Waals surface area contributed by atoms with E-state index in [9.17, 15) is 9.59 Å². The third kappa shape index (κ3) is 3.65. The van der Waals surface area contributed by atoms with Gasteiger partial charge in [0.1, 0.15) is 0 Å². The molecule has 0 aliphatic carbocycles. The minimum absolute atomic E-state index is 0.116. The number of nitrogens with two attached hydrogens (primary N) is 1. The van der Waals surface area contributed by atoms with Crippen LogP contribution in [0.4, 0.5) is 5.69 Å². The summed E-state index contributed by atoms with van der Waals surface area (Å²) in [6.07, 6.45) is -0.249. The summed E-state index contributed by atoms with van der Waals surface area (Å²) >= 11 is 5.93. The quantitative estimate of drug-likeness (QED) is 0.672. The lowest BCUT2D eigenvalue weighted by Gasteiger charge is -2.32. The van der Waals surface area contributed by atoms with Gasteiger partial charge in [-0.1, -0.05) is 17.7 Å². The third-order valence-corrected chi connectivity index (χ3v) is 3.66. The van der Waals surface area contributed by atoms with E-state index in [1.807, 2.05) is 0 Å². The van der Waals surface area contributed by atoms with Crippen LogP contribution in [0.25, 0.3) is 0 Å². The van der Waals surface area contributed by atoms with Gasteiger partial charge in [0.15, 0.2) is 0 Å². The smallest absolute Gasteiger partial charge is 0.308 e. The molecule has 1 saturated heterocycles. The average Bonchev–Trinajstić information content (AvgIpc) is 2.49. The van der Waals surface area contributed by atoms with Crippen molar-refractivity contribution in [2.75, 3.05) is 32.5 Å². The van der Waals surface area contributed by atoms with Crippen molar-refractivity contribution in [2.24, 2.45) is 0 Å². The molecule has 1 amide bonds. The van der Waals surface area contributed by atoms with Crippen molar-refractivity contribution < 1.29 is 19.1 Å². The summed E-state index contributed by atoms with van der Waals surface area (Å²) < 4.78 is 10.1. The number of nitrogens with zero attached hydrogens (tertiary/aromatic N) is 1. The highest BCUT2D eigenvalue weighted by atomic mass is 35.5. The van der Waals surface area contributed by atoms with Crippen LogP contribution in [0.1, 0.15) is 16.8 Å². The van der Waals surface area contributed by atoms with E-state index >= 15 is 0 Å². The van der Waals surface area contributed by atoms with Crippen LogP contribution >= 0.6 is 11.6 Å². The number of amides is 1. The van der Waals surface area contributed by atoms with Gasteiger partial charge >= 0.3 is 5.97 Å². The summed E-state index contributed by atoms with van der Waals surface area (Å²) in [6.45, 7) is 1.14. The van der Waals surface area contributed by atoms with Gasteiger partial charge in [0.25, 0.3) is 5.91 Å². The summed E-state index contributed by atoms with van der Waals surface area (Å²) in [4.78, 5) is 25.4. The third-order valence-electron chi connectivity index (χ3n) is 3.33. The maximum absolute atomic E-state index is 12.5. The zero-order valence-corrected chi connectivity index (χ0v) is 12.4. The fourth-order valence-corrected chi connectivity index (χ4v) is 2.36. The molecule has 0 aromatic heterocycles. The highest BCUT2D eigenvalue weighted by molar-refractivity contribution is 6.33. The molecule has 1 fully saturated rings. The van der Waals surface area contributed by atoms with E-state index in [-0.39, 0.29) is 30.1 Å². The molecule has 1 atom stereocenters. The van der Waals surface area contributed by atoms with Crippen LogP contribution < -0.4 is 5.73 Å². The summed E-state index contributed by atoms with van der Waals surface area (Å²) in [5.74, 6) is -0.579. The zero-order valence-electron chi connectivity index (χ0n) is 11.7. The number of anilines is 1. The van der Waals surface area contributed by atoms with Gasteiger partial charge in [-0.25, -0.2) is 0 Å². The first-order valence-corrected chi connectivity index (χ1v) is 6.92. The number of morpholine rings is 1. The highest BCUT2D eigenvalue weighted by Crippen LogP contribution is 2.24. The van der Waals surface area contributed by atoms with Crippen molar-refractivity contribution >= 4 is 29.2 Å². The average molecular weight is 313 g/mol. The van der Waals surface area contributed by atoms with Crippen LogP contribution in [0.5, 0.6) is 0 Å². The molecule has 7 heteroatoms. The topological polar surface area (TPSA) is 81.9 Å². The van der Waals surface area contributed by atoms with E-state index in [2.05, 4.69) is 4.74 Å². The number of rotatable bonds is 3. The first-order valence-electron chi connectivity index (χ1n) is 6.54. The number of methoxy groups -OCH3 is 1. The Balaban J connectivity index is 2.08. The number of para-hydroxylation sites is 1. The summed E-state index contributed by atoms with van der Waals surface area (Å²) in [7, 11) is 1.32. The summed E-state index contributed by atoms with van der Waals surface area (Å²) in [5, 5.41) is 0.347. The molecule has 1 aromatic rings. The number of benzene rings is 1. The van der Waals surface area contributed by atoms with Gasteiger partial charge in [0.05, 0.1) is 42.5 Å². The first-order chi connectivity index (χ1) is 10.0. The normalized spacial score (nSPS) is 18.4. The molecule has 6 nitrogen and oxygen atoms in total. The molecule has 1 heterocycles. The largest absolute Gasteiger partial charge is 0.469 e. The van der Waals surface area contributed by atoms with Gasteiger partial charge in [-0.3, -0.25) is 9.59 Å². The second kappa shape index (κ2) is 6.78. The number of nitrogen functional groups attached to an aromatic ring is 1. The number of esters is 1. The Labute approximate surface area is 127 Å². The Bertz CT molecular complexity index is 550. The number of hydrogen-bond donors (Lipinski definition) is 1. The van der Waals surface area contributed by atoms with Crippen molar-refractivity contribution in [3.05, 3.63) is 28.8 Å². The molecule has 21 heavy (non-hydrogen) atoms. The molecular weight excluding hydrogens is 296 g/mol. The molecule has 1 aliphatic heterocycles. The molecule has 0 bridgehead atoms. The van der Waals surface area contributed by atoms with E-state index in [4.69, 9.17) is 22.1 Å². The van der Waals surface area contributed by atoms with Crippen molar-refractivity contribution in [3.8, 4) is 0 Å². The number of hydrogen-bond acceptors (Lipinski definition) is 5. The Hall–Kier alpha value is -1.79. The SMILES string of the molecule is COC(=O)CC1CN(C(=O)c2cccc(Cl)c2N)CCO1. The lowest BCUT2D eigenvalue weighted by Crippen LogP contribution is -2.46. The number of carbonyl (C=O) groups excluding carboxylic acids is 2. The van der Waals surface area contributed by atoms with Gasteiger partial charge in [0.2, 0.25) is 0 Å². The maximum Gasteiger partial charge on any atom is 0.308 e. The number of ether oxygens (including phenoxy) is 2. The first kappa shape index (κ1) is 15.6. The predicted octanol–water partition coefficient (Wildman–Crippen LogP) is 1.33. The molecule has 0 radical (unpaired) electrons.